The van der Waals surface area contributed by atoms with Crippen molar-refractivity contribution in [1.29, 1.82) is 0 Å². The van der Waals surface area contributed by atoms with E-state index in [9.17, 15) is 0 Å². The van der Waals surface area contributed by atoms with Crippen molar-refractivity contribution in [2.45, 2.75) is 25.8 Å². The van der Waals surface area contributed by atoms with Crippen LogP contribution in [0.4, 0.5) is 4.32 Å². The van der Waals surface area contributed by atoms with Gasteiger partial charge < -0.3 is 19.4 Å². The van der Waals surface area contributed by atoms with Crippen LogP contribution < -0.4 is 5.73 Å². The Morgan fingerprint density at radius 1 is 1.19 bits per heavy atom. The average molecular weight is 448 g/mol. The summed E-state index contributed by atoms with van der Waals surface area (Å²) in [4.78, 5) is 1.83. The molecule has 0 bridgehead atoms. The number of furan rings is 1. The van der Waals surface area contributed by atoms with Crippen molar-refractivity contribution in [2.24, 2.45) is 5.73 Å². The van der Waals surface area contributed by atoms with Crippen molar-refractivity contribution >= 4 is 30.5 Å². The van der Waals surface area contributed by atoms with Crippen LogP contribution in [0.2, 0.25) is 5.02 Å². The first kappa shape index (κ1) is 20.9. The van der Waals surface area contributed by atoms with Gasteiger partial charge in [-0.15, -0.1) is 0 Å². The summed E-state index contributed by atoms with van der Waals surface area (Å²) in [6.45, 7) is 4.56. The molecule has 4 nitrogen and oxygen atoms in total. The molecular weight excluding hydrogens is 424 g/mol. The molecule has 1 unspecified atom stereocenters. The predicted octanol–water partition coefficient (Wildman–Crippen LogP) is 6.01. The van der Waals surface area contributed by atoms with E-state index in [1.54, 1.807) is 10.7 Å². The van der Waals surface area contributed by atoms with Crippen LogP contribution in [0.1, 0.15) is 31.7 Å². The second-order valence-electron chi connectivity index (χ2n) is 8.44. The first-order chi connectivity index (χ1) is 15.4. The summed E-state index contributed by atoms with van der Waals surface area (Å²) in [7, 11) is -1.30. The SMILES string of the molecule is CC1=CC(C)(/C=C/c2ccc(-c3ccc(Cl)cc3)o2)N2B(F)n3cccc3C(CCN)=C12. The zero-order chi connectivity index (χ0) is 22.5. The highest BCUT2D eigenvalue weighted by Crippen LogP contribution is 2.45. The number of rotatable bonds is 5. The van der Waals surface area contributed by atoms with Crippen LogP contribution in [0.15, 0.2) is 82.6 Å². The van der Waals surface area contributed by atoms with Gasteiger partial charge in [0, 0.05) is 22.0 Å². The summed E-state index contributed by atoms with van der Waals surface area (Å²) in [6, 6.07) is 15.2. The van der Waals surface area contributed by atoms with E-state index < -0.39 is 12.8 Å². The van der Waals surface area contributed by atoms with E-state index in [1.807, 2.05) is 79.3 Å². The van der Waals surface area contributed by atoms with Crippen LogP contribution in [0.5, 0.6) is 0 Å². The number of hydrogen-bond acceptors (Lipinski definition) is 3. The number of aromatic nitrogens is 1. The van der Waals surface area contributed by atoms with E-state index >= 15 is 4.32 Å². The standard InChI is InChI=1S/C25H24BClFN3O/c1-17-16-25(2,13-11-20-9-10-23(32-20)18-5-7-19(27)8-6-18)31-24(17)21(12-14-29)22-4-3-15-30(22)26(31)28/h3-11,13,15-16H,12,14,29H2,1-2H3/b13-11+. The smallest absolute Gasteiger partial charge is 0.457 e. The Bertz CT molecular complexity index is 1260. The van der Waals surface area contributed by atoms with Gasteiger partial charge in [0.1, 0.15) is 11.5 Å². The Morgan fingerprint density at radius 3 is 2.72 bits per heavy atom. The monoisotopic (exact) mass is 447 g/mol. The number of nitrogens with two attached hydrogens (primary N) is 1. The van der Waals surface area contributed by atoms with Crippen molar-refractivity contribution < 1.29 is 8.73 Å². The summed E-state index contributed by atoms with van der Waals surface area (Å²) >= 11 is 5.98. The lowest BCUT2D eigenvalue weighted by molar-refractivity contribution is 0.371. The minimum atomic E-state index is -1.30. The van der Waals surface area contributed by atoms with Gasteiger partial charge in [0.25, 0.3) is 0 Å². The van der Waals surface area contributed by atoms with Gasteiger partial charge in [-0.05, 0) is 98.8 Å². The van der Waals surface area contributed by atoms with Gasteiger partial charge in [-0.25, -0.2) is 0 Å². The molecule has 5 rings (SSSR count). The van der Waals surface area contributed by atoms with Gasteiger partial charge >= 0.3 is 7.26 Å². The van der Waals surface area contributed by atoms with Gasteiger partial charge in [-0.1, -0.05) is 23.8 Å². The van der Waals surface area contributed by atoms with Crippen LogP contribution in [-0.2, 0) is 0 Å². The topological polar surface area (TPSA) is 47.3 Å². The molecule has 0 saturated heterocycles. The maximum absolute atomic E-state index is 15.8. The molecule has 0 radical (unpaired) electrons. The molecule has 1 atom stereocenters. The maximum atomic E-state index is 15.8. The van der Waals surface area contributed by atoms with Gasteiger partial charge in [0.2, 0.25) is 0 Å². The molecule has 0 aliphatic carbocycles. The first-order valence-electron chi connectivity index (χ1n) is 10.7. The minimum Gasteiger partial charge on any atom is -0.457 e. The predicted molar refractivity (Wildman–Crippen MR) is 129 cm³/mol. The molecule has 0 saturated carbocycles. The lowest BCUT2D eigenvalue weighted by Gasteiger charge is -2.40. The van der Waals surface area contributed by atoms with Crippen LogP contribution in [0, 0.1) is 0 Å². The molecule has 4 heterocycles. The summed E-state index contributed by atoms with van der Waals surface area (Å²) in [6.07, 6.45) is 8.49. The average Bonchev–Trinajstić information content (AvgIpc) is 3.49. The first-order valence-corrected chi connectivity index (χ1v) is 11.1. The van der Waals surface area contributed by atoms with Crippen LogP contribution >= 0.6 is 11.6 Å². The summed E-state index contributed by atoms with van der Waals surface area (Å²) in [5, 5.41) is 0.683. The number of hydrogen-bond donors (Lipinski definition) is 1. The maximum Gasteiger partial charge on any atom is 0.592 e. The lowest BCUT2D eigenvalue weighted by atomic mass is 9.85. The molecule has 0 amide bonds. The molecule has 2 aromatic heterocycles. The number of benzene rings is 1. The largest absolute Gasteiger partial charge is 0.592 e. The zero-order valence-electron chi connectivity index (χ0n) is 18.1. The summed E-state index contributed by atoms with van der Waals surface area (Å²) in [5.74, 6) is 1.46. The molecule has 162 valence electrons. The van der Waals surface area contributed by atoms with E-state index in [2.05, 4.69) is 6.08 Å². The highest BCUT2D eigenvalue weighted by Gasteiger charge is 2.48. The van der Waals surface area contributed by atoms with E-state index in [0.717, 1.165) is 33.9 Å². The van der Waals surface area contributed by atoms with E-state index in [-0.39, 0.29) is 0 Å². The van der Waals surface area contributed by atoms with Crippen LogP contribution in [-0.4, -0.2) is 28.6 Å². The summed E-state index contributed by atoms with van der Waals surface area (Å²) < 4.78 is 23.4. The third-order valence-corrected chi connectivity index (χ3v) is 6.45. The fourth-order valence-electron chi connectivity index (χ4n) is 4.79. The molecule has 1 aromatic carbocycles. The zero-order valence-corrected chi connectivity index (χ0v) is 18.8. The quantitative estimate of drug-likeness (QED) is 0.487. The van der Waals surface area contributed by atoms with Gasteiger partial charge in [0.05, 0.1) is 5.54 Å². The Morgan fingerprint density at radius 2 is 1.97 bits per heavy atom. The fraction of sp³-hybridized carbons (Fsp3) is 0.200. The van der Waals surface area contributed by atoms with E-state index in [4.69, 9.17) is 21.8 Å². The molecule has 0 fully saturated rings. The van der Waals surface area contributed by atoms with E-state index in [1.165, 1.54) is 0 Å². The third-order valence-electron chi connectivity index (χ3n) is 6.19. The Labute approximate surface area is 192 Å². The molecule has 32 heavy (non-hydrogen) atoms. The van der Waals surface area contributed by atoms with Crippen molar-refractivity contribution in [3.63, 3.8) is 0 Å². The number of allylic oxidation sites excluding steroid dienone is 1. The molecule has 2 aliphatic heterocycles. The van der Waals surface area contributed by atoms with Crippen molar-refractivity contribution in [1.82, 2.24) is 9.29 Å². The third kappa shape index (κ3) is 3.35. The van der Waals surface area contributed by atoms with Gasteiger partial charge in [-0.2, -0.15) is 0 Å². The van der Waals surface area contributed by atoms with Crippen LogP contribution in [0.25, 0.3) is 23.0 Å². The molecular formula is C25H24BClFN3O. The number of fused-ring (bicyclic) bond motifs is 2. The minimum absolute atomic E-state index is 0.508. The molecule has 2 N–H and O–H groups in total. The van der Waals surface area contributed by atoms with Crippen LogP contribution in [0.3, 0.4) is 0 Å². The number of halogens is 2. The van der Waals surface area contributed by atoms with Crippen molar-refractivity contribution in [3.05, 3.63) is 94.6 Å². The highest BCUT2D eigenvalue weighted by atomic mass is 35.5. The molecule has 7 heteroatoms. The van der Waals surface area contributed by atoms with Gasteiger partial charge in [-0.3, -0.25) is 4.32 Å². The fourth-order valence-corrected chi connectivity index (χ4v) is 4.92. The lowest BCUT2D eigenvalue weighted by Crippen LogP contribution is -2.52. The van der Waals surface area contributed by atoms with E-state index in [0.29, 0.717) is 23.7 Å². The highest BCUT2D eigenvalue weighted by molar-refractivity contribution is 6.48. The van der Waals surface area contributed by atoms with Gasteiger partial charge in [0.15, 0.2) is 0 Å². The molecule has 0 spiro atoms. The number of nitrogens with zero attached hydrogens (tertiary/aromatic N) is 2. The normalized spacial score (nSPS) is 20.2. The molecule has 3 aromatic rings. The van der Waals surface area contributed by atoms with Crippen molar-refractivity contribution in [3.8, 4) is 11.3 Å². The second kappa shape index (κ2) is 7.87. The molecule has 2 aliphatic rings. The van der Waals surface area contributed by atoms with Crippen molar-refractivity contribution in [2.75, 3.05) is 6.54 Å². The Kier molecular flexibility index (Phi) is 5.15. The summed E-state index contributed by atoms with van der Waals surface area (Å²) in [5.41, 5.74) is 10.2. The Balaban J connectivity index is 1.49. The Hall–Kier alpha value is -2.96. The second-order valence-corrected chi connectivity index (χ2v) is 8.88.